The van der Waals surface area contributed by atoms with E-state index in [1.165, 1.54) is 0 Å². The van der Waals surface area contributed by atoms with E-state index in [0.717, 1.165) is 0 Å². The minimum Gasteiger partial charge on any atom is -0.394 e. The first kappa shape index (κ1) is 24.1. The molecule has 3 rings (SSSR count). The predicted molar refractivity (Wildman–Crippen MR) is 89.2 cm³/mol. The van der Waals surface area contributed by atoms with Gasteiger partial charge in [-0.1, -0.05) is 0 Å². The highest BCUT2D eigenvalue weighted by Crippen LogP contribution is 2.30. The monoisotopic (exact) mass is 444 g/mol. The fourth-order valence-corrected chi connectivity index (χ4v) is 3.48. The molecule has 0 radical (unpaired) electrons. The van der Waals surface area contributed by atoms with Crippen LogP contribution in [-0.2, 0) is 23.7 Å². The summed E-state index contributed by atoms with van der Waals surface area (Å²) in [7, 11) is 0. The Labute approximate surface area is 170 Å². The van der Waals surface area contributed by atoms with E-state index in [1.54, 1.807) is 0 Å². The van der Waals surface area contributed by atoms with E-state index in [4.69, 9.17) is 23.7 Å². The SMILES string of the molecule is OC[C@H]1OC(O)[C@H](O[C@@H]2OC[C@@H](O)[C@H](O)[C@H]2O)[C@@H](O)[C@@H]1O[C@@H]1OC[C@@H](O)[C@H](O)[C@H]1O. The maximum Gasteiger partial charge on any atom is 0.186 e. The van der Waals surface area contributed by atoms with Gasteiger partial charge in [-0.2, -0.15) is 0 Å². The number of ether oxygens (including phenoxy) is 5. The molecule has 0 saturated carbocycles. The van der Waals surface area contributed by atoms with Crippen molar-refractivity contribution in [1.29, 1.82) is 0 Å². The smallest absolute Gasteiger partial charge is 0.186 e. The van der Waals surface area contributed by atoms with Crippen LogP contribution >= 0.6 is 0 Å². The van der Waals surface area contributed by atoms with Gasteiger partial charge in [-0.15, -0.1) is 0 Å². The quantitative estimate of drug-likeness (QED) is 0.192. The molecule has 0 amide bonds. The lowest BCUT2D eigenvalue weighted by Crippen LogP contribution is -2.65. The van der Waals surface area contributed by atoms with Gasteiger partial charge in [-0.3, -0.25) is 0 Å². The Balaban J connectivity index is 1.70. The molecule has 0 aromatic rings. The van der Waals surface area contributed by atoms with Gasteiger partial charge in [0.05, 0.1) is 19.8 Å². The zero-order chi connectivity index (χ0) is 22.2. The Kier molecular flexibility index (Phi) is 7.97. The Bertz CT molecular complexity index is 552. The first-order chi connectivity index (χ1) is 14.1. The molecule has 30 heavy (non-hydrogen) atoms. The van der Waals surface area contributed by atoms with Gasteiger partial charge in [0.15, 0.2) is 18.9 Å². The highest BCUT2D eigenvalue weighted by Gasteiger charge is 2.51. The van der Waals surface area contributed by atoms with Crippen LogP contribution in [0.15, 0.2) is 0 Å². The number of aliphatic hydroxyl groups excluding tert-OH is 9. The topological polar surface area (TPSA) is 228 Å². The molecule has 3 fully saturated rings. The third kappa shape index (κ3) is 4.77. The average molecular weight is 444 g/mol. The Morgan fingerprint density at radius 3 is 1.57 bits per heavy atom. The second kappa shape index (κ2) is 9.93. The van der Waals surface area contributed by atoms with Gasteiger partial charge in [-0.25, -0.2) is 0 Å². The normalized spacial score (nSPS) is 52.9. The first-order valence-corrected chi connectivity index (χ1v) is 9.40. The summed E-state index contributed by atoms with van der Waals surface area (Å²) in [6.45, 7) is -1.47. The molecule has 0 aromatic heterocycles. The van der Waals surface area contributed by atoms with Gasteiger partial charge in [-0.05, 0) is 0 Å². The molecule has 13 atom stereocenters. The molecular weight excluding hydrogens is 416 g/mol. The molecule has 3 aliphatic heterocycles. The highest BCUT2D eigenvalue weighted by molar-refractivity contribution is 4.94. The Hall–Kier alpha value is -0.560. The molecular formula is C16H28O14. The van der Waals surface area contributed by atoms with Crippen molar-refractivity contribution in [3.8, 4) is 0 Å². The summed E-state index contributed by atoms with van der Waals surface area (Å²) in [5.41, 5.74) is 0. The van der Waals surface area contributed by atoms with Gasteiger partial charge in [0.25, 0.3) is 0 Å². The number of hydrogen-bond donors (Lipinski definition) is 9. The van der Waals surface area contributed by atoms with E-state index in [0.29, 0.717) is 0 Å². The highest BCUT2D eigenvalue weighted by atomic mass is 16.7. The molecule has 1 unspecified atom stereocenters. The summed E-state index contributed by atoms with van der Waals surface area (Å²) < 4.78 is 26.2. The molecule has 14 nitrogen and oxygen atoms in total. The minimum atomic E-state index is -1.80. The molecule has 14 heteroatoms. The van der Waals surface area contributed by atoms with E-state index in [-0.39, 0.29) is 13.2 Å². The fraction of sp³-hybridized carbons (Fsp3) is 1.00. The van der Waals surface area contributed by atoms with Crippen molar-refractivity contribution in [2.24, 2.45) is 0 Å². The predicted octanol–water partition coefficient (Wildman–Crippen LogP) is -6.29. The van der Waals surface area contributed by atoms with Crippen LogP contribution in [0, 0.1) is 0 Å². The van der Waals surface area contributed by atoms with Crippen LogP contribution in [0.5, 0.6) is 0 Å². The summed E-state index contributed by atoms with van der Waals surface area (Å²) in [5.74, 6) is 0. The molecule has 9 N–H and O–H groups in total. The van der Waals surface area contributed by atoms with Crippen LogP contribution < -0.4 is 0 Å². The summed E-state index contributed by atoms with van der Waals surface area (Å²) in [5, 5.41) is 88.9. The molecule has 3 saturated heterocycles. The number of hydrogen-bond acceptors (Lipinski definition) is 14. The third-order valence-corrected chi connectivity index (χ3v) is 5.31. The van der Waals surface area contributed by atoms with E-state index < -0.39 is 86.5 Å². The molecule has 0 aromatic carbocycles. The second-order valence-electron chi connectivity index (χ2n) is 7.44. The molecule has 0 bridgehead atoms. The van der Waals surface area contributed by atoms with Gasteiger partial charge in [0.1, 0.15) is 61.0 Å². The largest absolute Gasteiger partial charge is 0.394 e. The van der Waals surface area contributed by atoms with Crippen LogP contribution in [0.4, 0.5) is 0 Å². The van der Waals surface area contributed by atoms with E-state index in [9.17, 15) is 46.0 Å². The van der Waals surface area contributed by atoms with Gasteiger partial charge >= 0.3 is 0 Å². The van der Waals surface area contributed by atoms with E-state index >= 15 is 0 Å². The molecule has 0 aliphatic carbocycles. The maximum absolute atomic E-state index is 10.7. The van der Waals surface area contributed by atoms with Gasteiger partial charge in [0.2, 0.25) is 0 Å². The summed E-state index contributed by atoms with van der Waals surface area (Å²) in [6.07, 6.45) is -20.2. The van der Waals surface area contributed by atoms with Gasteiger partial charge in [0, 0.05) is 0 Å². The lowest BCUT2D eigenvalue weighted by atomic mass is 9.97. The van der Waals surface area contributed by atoms with Crippen molar-refractivity contribution in [2.75, 3.05) is 19.8 Å². The van der Waals surface area contributed by atoms with Crippen molar-refractivity contribution >= 4 is 0 Å². The standard InChI is InChI=1S/C16H28O14/c17-1-6-12(29-15-9(22)7(20)4(18)2-26-15)11(24)13(14(25)28-6)30-16-10(23)8(21)5(19)3-27-16/h4-25H,1-3H2/t4-,5-,6-,7+,8+,9-,10-,11+,12-,13-,14?,15+,16+/m1/s1. The van der Waals surface area contributed by atoms with Crippen LogP contribution in [-0.4, -0.2) is 146 Å². The van der Waals surface area contributed by atoms with Crippen molar-refractivity contribution in [3.63, 3.8) is 0 Å². The van der Waals surface area contributed by atoms with Gasteiger partial charge < -0.3 is 69.6 Å². The van der Waals surface area contributed by atoms with Crippen LogP contribution in [0.1, 0.15) is 0 Å². The Morgan fingerprint density at radius 2 is 1.10 bits per heavy atom. The fourth-order valence-electron chi connectivity index (χ4n) is 3.48. The van der Waals surface area contributed by atoms with Crippen LogP contribution in [0.3, 0.4) is 0 Å². The first-order valence-electron chi connectivity index (χ1n) is 9.40. The molecule has 176 valence electrons. The van der Waals surface area contributed by atoms with Crippen molar-refractivity contribution in [1.82, 2.24) is 0 Å². The lowest BCUT2D eigenvalue weighted by molar-refractivity contribution is -0.371. The lowest BCUT2D eigenvalue weighted by Gasteiger charge is -2.46. The Morgan fingerprint density at radius 1 is 0.633 bits per heavy atom. The zero-order valence-corrected chi connectivity index (χ0v) is 15.7. The summed E-state index contributed by atoms with van der Waals surface area (Å²) >= 11 is 0. The van der Waals surface area contributed by atoms with Crippen LogP contribution in [0.25, 0.3) is 0 Å². The van der Waals surface area contributed by atoms with Crippen molar-refractivity contribution < 1.29 is 69.6 Å². The molecule has 3 heterocycles. The minimum absolute atomic E-state index is 0.374. The average Bonchev–Trinajstić information content (AvgIpc) is 2.72. The zero-order valence-electron chi connectivity index (χ0n) is 15.7. The molecule has 0 spiro atoms. The number of aliphatic hydroxyl groups is 9. The summed E-state index contributed by atoms with van der Waals surface area (Å²) in [4.78, 5) is 0. The van der Waals surface area contributed by atoms with E-state index in [1.807, 2.05) is 0 Å². The maximum atomic E-state index is 10.7. The number of rotatable bonds is 5. The summed E-state index contributed by atoms with van der Waals surface area (Å²) in [6, 6.07) is 0. The van der Waals surface area contributed by atoms with Crippen molar-refractivity contribution in [3.05, 3.63) is 0 Å². The van der Waals surface area contributed by atoms with Crippen LogP contribution in [0.2, 0.25) is 0 Å². The third-order valence-electron chi connectivity index (χ3n) is 5.31. The van der Waals surface area contributed by atoms with E-state index in [2.05, 4.69) is 0 Å². The second-order valence-corrected chi connectivity index (χ2v) is 7.44. The molecule has 3 aliphatic rings. The van der Waals surface area contributed by atoms with Crippen molar-refractivity contribution in [2.45, 2.75) is 79.9 Å².